The Morgan fingerprint density at radius 3 is 1.79 bits per heavy atom. The number of aldehydes is 1. The van der Waals surface area contributed by atoms with Crippen LogP contribution in [0.15, 0.2) is 4.99 Å². The van der Waals surface area contributed by atoms with Crippen LogP contribution in [0.4, 0.5) is 0 Å². The molecule has 0 rings (SSSR count). The summed E-state index contributed by atoms with van der Waals surface area (Å²) < 4.78 is 0. The van der Waals surface area contributed by atoms with Crippen LogP contribution in [0, 0.1) is 0 Å². The average Bonchev–Trinajstić information content (AvgIpc) is 3.06. The number of hydrogen-bond donors (Lipinski definition) is 13. The second-order valence-electron chi connectivity index (χ2n) is 11.9. The Balaban J connectivity index is 5.93. The van der Waals surface area contributed by atoms with Gasteiger partial charge in [0.1, 0.15) is 30.5 Å². The number of hydrogen-bond acceptors (Lipinski definition) is 13. The molecule has 0 saturated heterocycles. The third kappa shape index (κ3) is 20.7. The van der Waals surface area contributed by atoms with Crippen molar-refractivity contribution < 1.29 is 53.7 Å². The minimum atomic E-state index is -1.69. The number of aliphatic hydroxyl groups excluding tert-OH is 3. The predicted molar refractivity (Wildman–Crippen MR) is 185 cm³/mol. The highest BCUT2D eigenvalue weighted by atomic mass is 16.3. The van der Waals surface area contributed by atoms with Crippen molar-refractivity contribution in [2.75, 3.05) is 32.8 Å². The molecule has 0 unspecified atom stereocenters. The van der Waals surface area contributed by atoms with Gasteiger partial charge in [-0.1, -0.05) is 0 Å². The first-order valence-corrected chi connectivity index (χ1v) is 16.7. The van der Waals surface area contributed by atoms with Crippen molar-refractivity contribution in [1.29, 1.82) is 0 Å². The van der Waals surface area contributed by atoms with Gasteiger partial charge in [0.15, 0.2) is 5.96 Å². The zero-order valence-electron chi connectivity index (χ0n) is 29.7. The molecule has 0 aromatic carbocycles. The Morgan fingerprint density at radius 1 is 0.712 bits per heavy atom. The highest BCUT2D eigenvalue weighted by molar-refractivity contribution is 5.96. The van der Waals surface area contributed by atoms with Gasteiger partial charge in [-0.25, -0.2) is 0 Å². The summed E-state index contributed by atoms with van der Waals surface area (Å²) in [5, 5.41) is 46.0. The van der Waals surface area contributed by atoms with Gasteiger partial charge in [-0.05, 0) is 52.9 Å². The highest BCUT2D eigenvalue weighted by Gasteiger charge is 2.32. The summed E-state index contributed by atoms with van der Waals surface area (Å²) in [7, 11) is 0. The van der Waals surface area contributed by atoms with Gasteiger partial charge in [0.25, 0.3) is 0 Å². The van der Waals surface area contributed by atoms with Crippen LogP contribution in [0.2, 0.25) is 0 Å². The van der Waals surface area contributed by atoms with E-state index in [-0.39, 0.29) is 57.7 Å². The molecule has 7 amide bonds. The van der Waals surface area contributed by atoms with Crippen LogP contribution in [0.1, 0.15) is 59.3 Å². The van der Waals surface area contributed by atoms with Crippen LogP contribution in [0.25, 0.3) is 0 Å². The molecule has 0 radical (unpaired) electrons. The summed E-state index contributed by atoms with van der Waals surface area (Å²) >= 11 is 0. The molecule has 22 nitrogen and oxygen atoms in total. The van der Waals surface area contributed by atoms with Crippen molar-refractivity contribution in [3.8, 4) is 0 Å². The van der Waals surface area contributed by atoms with E-state index in [1.54, 1.807) is 0 Å². The lowest BCUT2D eigenvalue weighted by Gasteiger charge is -2.26. The lowest BCUT2D eigenvalue weighted by molar-refractivity contribution is -0.136. The second kappa shape index (κ2) is 25.9. The number of rotatable bonds is 26. The minimum absolute atomic E-state index is 0.0357. The zero-order chi connectivity index (χ0) is 39.8. The maximum Gasteiger partial charge on any atom is 0.245 e. The van der Waals surface area contributed by atoms with E-state index in [9.17, 15) is 53.7 Å². The maximum absolute atomic E-state index is 13.5. The average molecular weight is 746 g/mol. The highest BCUT2D eigenvalue weighted by Crippen LogP contribution is 2.06. The van der Waals surface area contributed by atoms with E-state index in [0.29, 0.717) is 12.7 Å². The molecule has 0 aliphatic rings. The Morgan fingerprint density at radius 2 is 1.27 bits per heavy atom. The van der Waals surface area contributed by atoms with Crippen molar-refractivity contribution in [3.63, 3.8) is 0 Å². The van der Waals surface area contributed by atoms with E-state index < -0.39 is 96.9 Å². The van der Waals surface area contributed by atoms with Crippen LogP contribution in [-0.4, -0.2) is 144 Å². The number of guanidine groups is 1. The molecule has 22 heteroatoms. The molecule has 0 aliphatic heterocycles. The standard InChI is InChI=1S/C30H55N11O11/c1-16(44)13-22(46)34-9-5-4-7-19(39-26(49)20(38-25(48)17(2)31)8-6-10-36-30(32)33)27(50)40-21(15-43)28(51)41-24(18(3)45)29(52)37-14-23(47)35-11-12-42/h12,16-21,24,43-45H,4-11,13-15,31H2,1-3H3,(H,34,46)(H,35,47)(H,37,52)(H,38,48)(H,39,49)(H,40,50)(H,41,51)(H4,32,33,36)/t16-,17-,18+,19-,20-,21-,24-/m0/s1. The van der Waals surface area contributed by atoms with Crippen LogP contribution in [-0.2, 0) is 38.4 Å². The predicted octanol–water partition coefficient (Wildman–Crippen LogP) is -6.81. The van der Waals surface area contributed by atoms with E-state index in [1.807, 2.05) is 0 Å². The van der Waals surface area contributed by atoms with Crippen molar-refractivity contribution in [2.24, 2.45) is 22.2 Å². The number of carbonyl (C=O) groups excluding carboxylic acids is 8. The summed E-state index contributed by atoms with van der Waals surface area (Å²) in [4.78, 5) is 103. The van der Waals surface area contributed by atoms with Crippen molar-refractivity contribution in [1.82, 2.24) is 37.2 Å². The van der Waals surface area contributed by atoms with Crippen LogP contribution >= 0.6 is 0 Å². The first-order chi connectivity index (χ1) is 24.4. The molecule has 52 heavy (non-hydrogen) atoms. The summed E-state index contributed by atoms with van der Waals surface area (Å²) in [6.07, 6.45) is -1.23. The fraction of sp³-hybridized carbons (Fsp3) is 0.700. The minimum Gasteiger partial charge on any atom is -0.394 e. The molecule has 0 spiro atoms. The third-order valence-electron chi connectivity index (χ3n) is 7.03. The van der Waals surface area contributed by atoms with Crippen LogP contribution < -0.4 is 54.4 Å². The Kier molecular flexibility index (Phi) is 23.5. The Bertz CT molecular complexity index is 1230. The first kappa shape index (κ1) is 47.1. The molecule has 0 aliphatic carbocycles. The largest absolute Gasteiger partial charge is 0.394 e. The van der Waals surface area contributed by atoms with E-state index in [0.717, 1.165) is 0 Å². The molecule has 0 bridgehead atoms. The van der Waals surface area contributed by atoms with E-state index in [2.05, 4.69) is 42.2 Å². The molecule has 0 aromatic rings. The first-order valence-electron chi connectivity index (χ1n) is 16.7. The maximum atomic E-state index is 13.5. The van der Waals surface area contributed by atoms with Gasteiger partial charge >= 0.3 is 0 Å². The van der Waals surface area contributed by atoms with Gasteiger partial charge in [-0.2, -0.15) is 0 Å². The Labute approximate surface area is 301 Å². The normalized spacial score (nSPS) is 14.8. The second-order valence-corrected chi connectivity index (χ2v) is 11.9. The quantitative estimate of drug-likeness (QED) is 0.0169. The van der Waals surface area contributed by atoms with Gasteiger partial charge < -0.3 is 74.5 Å². The lowest BCUT2D eigenvalue weighted by Crippen LogP contribution is -2.61. The number of carbonyl (C=O) groups is 8. The number of amides is 7. The van der Waals surface area contributed by atoms with Gasteiger partial charge in [0.2, 0.25) is 41.4 Å². The fourth-order valence-electron chi connectivity index (χ4n) is 4.28. The lowest BCUT2D eigenvalue weighted by atomic mass is 10.0. The van der Waals surface area contributed by atoms with Crippen molar-refractivity contribution in [3.05, 3.63) is 0 Å². The number of nitrogens with two attached hydrogens (primary N) is 3. The van der Waals surface area contributed by atoms with Crippen LogP contribution in [0.3, 0.4) is 0 Å². The van der Waals surface area contributed by atoms with Crippen molar-refractivity contribution in [2.45, 2.75) is 102 Å². The fourth-order valence-corrected chi connectivity index (χ4v) is 4.28. The van der Waals surface area contributed by atoms with E-state index in [1.165, 1.54) is 20.8 Å². The summed E-state index contributed by atoms with van der Waals surface area (Å²) in [5.74, 6) is -5.78. The van der Waals surface area contributed by atoms with E-state index >= 15 is 0 Å². The molecule has 0 fully saturated rings. The number of nitrogens with one attached hydrogen (secondary N) is 7. The zero-order valence-corrected chi connectivity index (χ0v) is 29.7. The summed E-state index contributed by atoms with van der Waals surface area (Å²) in [6.45, 7) is 2.46. The van der Waals surface area contributed by atoms with Crippen molar-refractivity contribution >= 4 is 53.6 Å². The SMILES string of the molecule is C[C@H](O)CC(=O)NCCCC[C@H](NC(=O)[C@H](CCCN=C(N)N)NC(=O)[C@H](C)N)C(=O)N[C@@H](CO)C(=O)N[C@H](C(=O)NCC(=O)NCC=O)[C@@H](C)O. The number of aliphatic hydroxyl groups is 3. The summed E-state index contributed by atoms with van der Waals surface area (Å²) in [5.41, 5.74) is 16.3. The van der Waals surface area contributed by atoms with Gasteiger partial charge in [0, 0.05) is 13.1 Å². The van der Waals surface area contributed by atoms with Gasteiger partial charge in [0.05, 0.1) is 44.4 Å². The summed E-state index contributed by atoms with van der Waals surface area (Å²) in [6, 6.07) is -6.84. The molecule has 0 aromatic heterocycles. The number of aliphatic imine (C=N–C) groups is 1. The Hall–Kier alpha value is -4.93. The monoisotopic (exact) mass is 745 g/mol. The topological polar surface area (TPSA) is 372 Å². The van der Waals surface area contributed by atoms with Gasteiger partial charge in [-0.3, -0.25) is 38.6 Å². The third-order valence-corrected chi connectivity index (χ3v) is 7.03. The van der Waals surface area contributed by atoms with Gasteiger partial charge in [-0.15, -0.1) is 0 Å². The van der Waals surface area contributed by atoms with Crippen LogP contribution in [0.5, 0.6) is 0 Å². The molecule has 0 saturated carbocycles. The smallest absolute Gasteiger partial charge is 0.245 e. The molecular formula is C30H55N11O11. The number of unbranched alkanes of at least 4 members (excludes halogenated alkanes) is 1. The molecule has 296 valence electrons. The molecule has 16 N–H and O–H groups in total. The van der Waals surface area contributed by atoms with E-state index in [4.69, 9.17) is 17.2 Å². The molecular weight excluding hydrogens is 690 g/mol. The molecule has 0 heterocycles. The molecule has 7 atom stereocenters. The number of nitrogens with zero attached hydrogens (tertiary/aromatic N) is 1.